The van der Waals surface area contributed by atoms with Crippen LogP contribution in [0.4, 0.5) is 0 Å². The lowest BCUT2D eigenvalue weighted by molar-refractivity contribution is 0.910. The normalized spacial score (nSPS) is 9.36. The Hall–Kier alpha value is -0.280. The lowest BCUT2D eigenvalue weighted by Gasteiger charge is -1.96. The minimum Gasteiger partial charge on any atom is -0.348 e. The summed E-state index contributed by atoms with van der Waals surface area (Å²) in [4.78, 5) is 0. The molecular weight excluding hydrogens is 306 g/mol. The Morgan fingerprint density at radius 2 is 1.57 bits per heavy atom. The Morgan fingerprint density at radius 3 is 2.14 bits per heavy atom. The van der Waals surface area contributed by atoms with Crippen molar-refractivity contribution in [3.63, 3.8) is 0 Å². The van der Waals surface area contributed by atoms with Gasteiger partial charge in [0.1, 0.15) is 0 Å². The molecule has 78 valence electrons. The second-order valence-electron chi connectivity index (χ2n) is 3.29. The molecule has 0 amide bonds. The maximum Gasteiger partial charge on any atom is 0.0482 e. The third kappa shape index (κ3) is 1.89. The first-order valence-corrected chi connectivity index (χ1v) is 4.22. The van der Waals surface area contributed by atoms with Crippen LogP contribution in [0.5, 0.6) is 0 Å². The van der Waals surface area contributed by atoms with Gasteiger partial charge in [0, 0.05) is 23.6 Å². The van der Waals surface area contributed by atoms with Crippen LogP contribution in [0, 0.1) is 13.8 Å². The Labute approximate surface area is 106 Å². The van der Waals surface area contributed by atoms with Gasteiger partial charge in [-0.15, -0.1) is 34.0 Å². The molecule has 0 N–H and O–H groups in total. The Bertz CT molecular complexity index is 393. The van der Waals surface area contributed by atoms with E-state index in [1.54, 1.807) is 0 Å². The molecule has 0 radical (unpaired) electrons. The maximum absolute atomic E-state index is 2.24. The van der Waals surface area contributed by atoms with Crippen molar-refractivity contribution in [2.45, 2.75) is 13.8 Å². The van der Waals surface area contributed by atoms with E-state index in [1.807, 2.05) is 0 Å². The van der Waals surface area contributed by atoms with E-state index >= 15 is 0 Å². The fourth-order valence-electron chi connectivity index (χ4n) is 1.71. The number of aromatic nitrogens is 1. The van der Waals surface area contributed by atoms with Gasteiger partial charge in [-0.3, -0.25) is 0 Å². The van der Waals surface area contributed by atoms with Crippen molar-refractivity contribution in [1.82, 2.24) is 4.57 Å². The number of para-hydroxylation sites is 1. The van der Waals surface area contributed by atoms with Crippen molar-refractivity contribution in [3.05, 3.63) is 35.5 Å². The first-order chi connectivity index (χ1) is 5.72. The van der Waals surface area contributed by atoms with Crippen molar-refractivity contribution in [3.8, 4) is 0 Å². The number of fused-ring (bicyclic) bond motifs is 1. The number of hydrogen-bond acceptors (Lipinski definition) is 0. The summed E-state index contributed by atoms with van der Waals surface area (Å²) >= 11 is 0. The molecule has 1 aromatic carbocycles. The van der Waals surface area contributed by atoms with Gasteiger partial charge in [-0.05, 0) is 25.5 Å². The van der Waals surface area contributed by atoms with Crippen molar-refractivity contribution >= 4 is 44.9 Å². The van der Waals surface area contributed by atoms with Gasteiger partial charge in [-0.25, -0.2) is 0 Å². The van der Waals surface area contributed by atoms with Gasteiger partial charge < -0.3 is 4.57 Å². The summed E-state index contributed by atoms with van der Waals surface area (Å²) in [6.07, 6.45) is 0. The molecule has 14 heavy (non-hydrogen) atoms. The predicted octanol–water partition coefficient (Wildman–Crippen LogP) is 3.95. The summed E-state index contributed by atoms with van der Waals surface area (Å²) in [5.41, 5.74) is 4.08. The van der Waals surface area contributed by atoms with Gasteiger partial charge in [0.15, 0.2) is 0 Å². The number of aryl methyl sites for hydroxylation is 2. The molecule has 2 aromatic rings. The van der Waals surface area contributed by atoms with Gasteiger partial charge in [-0.2, -0.15) is 0 Å². The summed E-state index contributed by atoms with van der Waals surface area (Å²) in [6, 6.07) is 8.52. The highest BCUT2D eigenvalue weighted by Gasteiger charge is 2.05. The molecule has 3 heteroatoms. The zero-order chi connectivity index (χ0) is 8.72. The molecule has 0 aliphatic heterocycles. The summed E-state index contributed by atoms with van der Waals surface area (Å²) in [5, 5.41) is 1.37. The van der Waals surface area contributed by atoms with Crippen LogP contribution < -0.4 is 0 Å². The van der Waals surface area contributed by atoms with Gasteiger partial charge >= 0.3 is 0 Å². The van der Waals surface area contributed by atoms with Crippen LogP contribution in [0.3, 0.4) is 0 Å². The summed E-state index contributed by atoms with van der Waals surface area (Å²) in [7, 11) is 2.12. The quantitative estimate of drug-likeness (QED) is 0.692. The molecule has 2 rings (SSSR count). The lowest BCUT2D eigenvalue weighted by Crippen LogP contribution is -1.89. The minimum absolute atomic E-state index is 0. The zero-order valence-corrected chi connectivity index (χ0v) is 12.0. The van der Waals surface area contributed by atoms with E-state index in [0.717, 1.165) is 0 Å². The van der Waals surface area contributed by atoms with E-state index < -0.39 is 0 Å². The SMILES string of the molecule is Br.Br.Cc1c(C)n(C)c2ccccc12. The molecule has 0 aliphatic rings. The van der Waals surface area contributed by atoms with Crippen LogP contribution in [-0.4, -0.2) is 4.57 Å². The average Bonchev–Trinajstić information content (AvgIpc) is 2.33. The topological polar surface area (TPSA) is 4.93 Å². The second-order valence-corrected chi connectivity index (χ2v) is 3.29. The number of benzene rings is 1. The van der Waals surface area contributed by atoms with Crippen LogP contribution in [0.2, 0.25) is 0 Å². The molecule has 0 fully saturated rings. The Morgan fingerprint density at radius 1 is 1.00 bits per heavy atom. The third-order valence-electron chi connectivity index (χ3n) is 2.72. The monoisotopic (exact) mass is 319 g/mol. The van der Waals surface area contributed by atoms with E-state index in [-0.39, 0.29) is 34.0 Å². The molecule has 1 aromatic heterocycles. The summed E-state index contributed by atoms with van der Waals surface area (Å²) in [5.74, 6) is 0. The van der Waals surface area contributed by atoms with Gasteiger partial charge in [0.25, 0.3) is 0 Å². The Kier molecular flexibility index (Phi) is 4.89. The van der Waals surface area contributed by atoms with E-state index in [1.165, 1.54) is 22.2 Å². The van der Waals surface area contributed by atoms with E-state index in [0.29, 0.717) is 0 Å². The van der Waals surface area contributed by atoms with Gasteiger partial charge in [0.05, 0.1) is 0 Å². The van der Waals surface area contributed by atoms with Crippen LogP contribution in [0.15, 0.2) is 24.3 Å². The van der Waals surface area contributed by atoms with Crippen molar-refractivity contribution in [2.24, 2.45) is 7.05 Å². The molecular formula is C11H15Br2N. The van der Waals surface area contributed by atoms with Crippen LogP contribution in [-0.2, 0) is 7.05 Å². The highest BCUT2D eigenvalue weighted by Crippen LogP contribution is 2.22. The van der Waals surface area contributed by atoms with Crippen molar-refractivity contribution in [1.29, 1.82) is 0 Å². The molecule has 0 aliphatic carbocycles. The molecule has 0 spiro atoms. The number of hydrogen-bond donors (Lipinski definition) is 0. The molecule has 0 unspecified atom stereocenters. The zero-order valence-electron chi connectivity index (χ0n) is 8.57. The summed E-state index contributed by atoms with van der Waals surface area (Å²) < 4.78 is 2.24. The van der Waals surface area contributed by atoms with Gasteiger partial charge in [-0.1, -0.05) is 18.2 Å². The first kappa shape index (κ1) is 13.7. The van der Waals surface area contributed by atoms with Gasteiger partial charge in [0.2, 0.25) is 0 Å². The third-order valence-corrected chi connectivity index (χ3v) is 2.72. The molecule has 0 saturated carbocycles. The second kappa shape index (κ2) is 4.99. The van der Waals surface area contributed by atoms with E-state index in [2.05, 4.69) is 49.7 Å². The fraction of sp³-hybridized carbons (Fsp3) is 0.273. The van der Waals surface area contributed by atoms with E-state index in [9.17, 15) is 0 Å². The smallest absolute Gasteiger partial charge is 0.0482 e. The van der Waals surface area contributed by atoms with Crippen LogP contribution in [0.25, 0.3) is 10.9 Å². The first-order valence-electron chi connectivity index (χ1n) is 4.22. The maximum atomic E-state index is 2.24. The minimum atomic E-state index is 0. The fourth-order valence-corrected chi connectivity index (χ4v) is 1.71. The van der Waals surface area contributed by atoms with Crippen molar-refractivity contribution in [2.75, 3.05) is 0 Å². The number of rotatable bonds is 0. The molecule has 1 heterocycles. The predicted molar refractivity (Wildman–Crippen MR) is 73.0 cm³/mol. The molecule has 0 atom stereocenters. The number of halogens is 2. The molecule has 1 nitrogen and oxygen atoms in total. The largest absolute Gasteiger partial charge is 0.348 e. The van der Waals surface area contributed by atoms with Crippen molar-refractivity contribution < 1.29 is 0 Å². The summed E-state index contributed by atoms with van der Waals surface area (Å²) in [6.45, 7) is 4.34. The van der Waals surface area contributed by atoms with E-state index in [4.69, 9.17) is 0 Å². The standard InChI is InChI=1S/C11H13N.2BrH/c1-8-9(2)12(3)11-7-5-4-6-10(8)11;;/h4-7H,1-3H3;2*1H. The number of nitrogens with zero attached hydrogens (tertiary/aromatic N) is 1. The van der Waals surface area contributed by atoms with Crippen LogP contribution in [0.1, 0.15) is 11.3 Å². The Balaban J connectivity index is 0.000000845. The molecule has 0 bridgehead atoms. The lowest BCUT2D eigenvalue weighted by atomic mass is 10.2. The average molecular weight is 321 g/mol. The molecule has 0 saturated heterocycles. The highest BCUT2D eigenvalue weighted by molar-refractivity contribution is 8.93. The highest BCUT2D eigenvalue weighted by atomic mass is 79.9. The van der Waals surface area contributed by atoms with Crippen LogP contribution >= 0.6 is 34.0 Å².